The molecule has 3 nitrogen and oxygen atoms in total. The van der Waals surface area contributed by atoms with E-state index >= 15 is 0 Å². The predicted octanol–water partition coefficient (Wildman–Crippen LogP) is 3.79. The summed E-state index contributed by atoms with van der Waals surface area (Å²) in [5.74, 6) is 2.08. The van der Waals surface area contributed by atoms with Crippen LogP contribution in [0, 0.1) is 5.92 Å². The molecule has 0 aromatic carbocycles. The van der Waals surface area contributed by atoms with Gasteiger partial charge in [-0.25, -0.2) is 0 Å². The molecule has 1 saturated heterocycles. The van der Waals surface area contributed by atoms with Crippen molar-refractivity contribution in [3.05, 3.63) is 23.7 Å². The summed E-state index contributed by atoms with van der Waals surface area (Å²) in [5.41, 5.74) is 1.27. The van der Waals surface area contributed by atoms with Gasteiger partial charge in [-0.3, -0.25) is 4.90 Å². The summed E-state index contributed by atoms with van der Waals surface area (Å²) < 4.78 is 5.69. The van der Waals surface area contributed by atoms with E-state index in [9.17, 15) is 0 Å². The zero-order valence-electron chi connectivity index (χ0n) is 13.2. The fourth-order valence-corrected chi connectivity index (χ4v) is 3.07. The first-order chi connectivity index (χ1) is 9.81. The molecule has 1 fully saturated rings. The van der Waals surface area contributed by atoms with Crippen LogP contribution in [0.15, 0.2) is 16.7 Å². The van der Waals surface area contributed by atoms with Crippen LogP contribution in [-0.2, 0) is 13.1 Å². The third-order valence-corrected chi connectivity index (χ3v) is 4.25. The summed E-state index contributed by atoms with van der Waals surface area (Å²) in [7, 11) is 0. The molecule has 0 atom stereocenters. The number of nitrogens with one attached hydrogen (secondary N) is 1. The lowest BCUT2D eigenvalue weighted by Crippen LogP contribution is -2.33. The summed E-state index contributed by atoms with van der Waals surface area (Å²) in [6.07, 6.45) is 8.54. The van der Waals surface area contributed by atoms with Gasteiger partial charge in [0.1, 0.15) is 5.76 Å². The summed E-state index contributed by atoms with van der Waals surface area (Å²) in [5, 5.41) is 3.41. The molecule has 1 N–H and O–H groups in total. The minimum Gasteiger partial charge on any atom is -0.468 e. The molecule has 1 aromatic heterocycles. The van der Waals surface area contributed by atoms with Crippen molar-refractivity contribution in [2.75, 3.05) is 19.6 Å². The molecule has 0 spiro atoms. The largest absolute Gasteiger partial charge is 0.468 e. The van der Waals surface area contributed by atoms with E-state index in [0.29, 0.717) is 0 Å². The van der Waals surface area contributed by atoms with Gasteiger partial charge in [-0.1, -0.05) is 26.7 Å². The zero-order valence-corrected chi connectivity index (χ0v) is 13.2. The molecule has 2 rings (SSSR count). The van der Waals surface area contributed by atoms with Gasteiger partial charge < -0.3 is 9.73 Å². The smallest absolute Gasteiger partial charge is 0.118 e. The molecule has 2 heterocycles. The van der Waals surface area contributed by atoms with E-state index in [-0.39, 0.29) is 0 Å². The highest BCUT2D eigenvalue weighted by Crippen LogP contribution is 2.23. The van der Waals surface area contributed by atoms with Crippen LogP contribution in [0.5, 0.6) is 0 Å². The first kappa shape index (κ1) is 15.6. The molecule has 3 heteroatoms. The second-order valence-corrected chi connectivity index (χ2v) is 6.11. The number of piperidine rings is 1. The standard InChI is InChI=1S/C17H30N2O/c1-3-5-15-6-9-19(10-7-15)13-17-11-16(14-20-17)12-18-8-4-2/h11,14-15,18H,3-10,12-13H2,1-2H3. The van der Waals surface area contributed by atoms with E-state index in [4.69, 9.17) is 4.42 Å². The Morgan fingerprint density at radius 2 is 2.05 bits per heavy atom. The van der Waals surface area contributed by atoms with Crippen LogP contribution in [0.25, 0.3) is 0 Å². The van der Waals surface area contributed by atoms with Gasteiger partial charge in [-0.05, 0) is 50.9 Å². The first-order valence-corrected chi connectivity index (χ1v) is 8.31. The van der Waals surface area contributed by atoms with Gasteiger partial charge in [0.2, 0.25) is 0 Å². The van der Waals surface area contributed by atoms with Gasteiger partial charge in [0.05, 0.1) is 12.8 Å². The van der Waals surface area contributed by atoms with Crippen molar-refractivity contribution in [1.82, 2.24) is 10.2 Å². The van der Waals surface area contributed by atoms with Gasteiger partial charge in [-0.2, -0.15) is 0 Å². The quantitative estimate of drug-likeness (QED) is 0.733. The summed E-state index contributed by atoms with van der Waals surface area (Å²) in [4.78, 5) is 2.54. The minimum atomic E-state index is 0.927. The number of hydrogen-bond acceptors (Lipinski definition) is 3. The van der Waals surface area contributed by atoms with Crippen LogP contribution in [0.2, 0.25) is 0 Å². The number of likely N-dealkylation sites (tertiary alicyclic amines) is 1. The van der Waals surface area contributed by atoms with Crippen molar-refractivity contribution >= 4 is 0 Å². The molecule has 0 radical (unpaired) electrons. The van der Waals surface area contributed by atoms with Crippen LogP contribution in [-0.4, -0.2) is 24.5 Å². The van der Waals surface area contributed by atoms with Crippen LogP contribution in [0.4, 0.5) is 0 Å². The first-order valence-electron chi connectivity index (χ1n) is 8.31. The number of rotatable bonds is 8. The Morgan fingerprint density at radius 3 is 2.75 bits per heavy atom. The van der Waals surface area contributed by atoms with E-state index in [2.05, 4.69) is 30.1 Å². The highest BCUT2D eigenvalue weighted by Gasteiger charge is 2.19. The number of nitrogens with zero attached hydrogens (tertiary/aromatic N) is 1. The van der Waals surface area contributed by atoms with Gasteiger partial charge in [0, 0.05) is 12.1 Å². The van der Waals surface area contributed by atoms with Crippen LogP contribution >= 0.6 is 0 Å². The van der Waals surface area contributed by atoms with Crippen molar-refractivity contribution in [3.8, 4) is 0 Å². The molecule has 1 aromatic rings. The monoisotopic (exact) mass is 278 g/mol. The van der Waals surface area contributed by atoms with Gasteiger partial charge in [0.25, 0.3) is 0 Å². The second kappa shape index (κ2) is 8.48. The Hall–Kier alpha value is -0.800. The SMILES string of the molecule is CCCNCc1coc(CN2CCC(CCC)CC2)c1. The van der Waals surface area contributed by atoms with Crippen molar-refractivity contribution in [2.45, 2.75) is 59.0 Å². The lowest BCUT2D eigenvalue weighted by molar-refractivity contribution is 0.161. The van der Waals surface area contributed by atoms with Crippen LogP contribution in [0.1, 0.15) is 57.3 Å². The van der Waals surface area contributed by atoms with Crippen molar-refractivity contribution in [1.29, 1.82) is 0 Å². The lowest BCUT2D eigenvalue weighted by atomic mass is 9.92. The zero-order chi connectivity index (χ0) is 14.2. The molecule has 0 aliphatic carbocycles. The minimum absolute atomic E-state index is 0.927. The maximum Gasteiger partial charge on any atom is 0.118 e. The van der Waals surface area contributed by atoms with E-state index < -0.39 is 0 Å². The van der Waals surface area contributed by atoms with Crippen molar-refractivity contribution in [3.63, 3.8) is 0 Å². The Balaban J connectivity index is 1.71. The highest BCUT2D eigenvalue weighted by atomic mass is 16.3. The van der Waals surface area contributed by atoms with E-state index in [1.165, 1.54) is 50.8 Å². The van der Waals surface area contributed by atoms with E-state index in [1.54, 1.807) is 0 Å². The molecular weight excluding hydrogens is 248 g/mol. The third kappa shape index (κ3) is 4.95. The average Bonchev–Trinajstić information content (AvgIpc) is 2.89. The maximum absolute atomic E-state index is 5.69. The van der Waals surface area contributed by atoms with E-state index in [1.807, 2.05) is 6.26 Å². The normalized spacial score (nSPS) is 17.7. The third-order valence-electron chi connectivity index (χ3n) is 4.25. The number of furan rings is 1. The average molecular weight is 278 g/mol. The Bertz CT molecular complexity index is 367. The summed E-state index contributed by atoms with van der Waals surface area (Å²) in [6.45, 7) is 9.93. The van der Waals surface area contributed by atoms with E-state index in [0.717, 1.165) is 31.3 Å². The lowest BCUT2D eigenvalue weighted by Gasteiger charge is -2.31. The molecule has 20 heavy (non-hydrogen) atoms. The van der Waals surface area contributed by atoms with Gasteiger partial charge in [0.15, 0.2) is 0 Å². The Morgan fingerprint density at radius 1 is 1.25 bits per heavy atom. The fraction of sp³-hybridized carbons (Fsp3) is 0.765. The van der Waals surface area contributed by atoms with Crippen LogP contribution < -0.4 is 5.32 Å². The molecule has 0 amide bonds. The molecule has 114 valence electrons. The molecule has 0 bridgehead atoms. The summed E-state index contributed by atoms with van der Waals surface area (Å²) >= 11 is 0. The predicted molar refractivity (Wildman–Crippen MR) is 83.6 cm³/mol. The number of hydrogen-bond donors (Lipinski definition) is 1. The molecule has 1 aliphatic heterocycles. The van der Waals surface area contributed by atoms with Gasteiger partial charge in [-0.15, -0.1) is 0 Å². The highest BCUT2D eigenvalue weighted by molar-refractivity contribution is 5.12. The van der Waals surface area contributed by atoms with Gasteiger partial charge >= 0.3 is 0 Å². The molecule has 0 saturated carbocycles. The fourth-order valence-electron chi connectivity index (χ4n) is 3.07. The Labute approximate surface area is 123 Å². The van der Waals surface area contributed by atoms with Crippen LogP contribution in [0.3, 0.4) is 0 Å². The molecular formula is C17H30N2O. The van der Waals surface area contributed by atoms with Crippen molar-refractivity contribution in [2.24, 2.45) is 5.92 Å². The second-order valence-electron chi connectivity index (χ2n) is 6.11. The molecule has 1 aliphatic rings. The molecule has 0 unspecified atom stereocenters. The maximum atomic E-state index is 5.69. The topological polar surface area (TPSA) is 28.4 Å². The summed E-state index contributed by atoms with van der Waals surface area (Å²) in [6, 6.07) is 2.21. The van der Waals surface area contributed by atoms with Crippen molar-refractivity contribution < 1.29 is 4.42 Å². The Kier molecular flexibility index (Phi) is 6.61.